The number of sulfonamides is 1. The van der Waals surface area contributed by atoms with Gasteiger partial charge in [-0.1, -0.05) is 17.7 Å². The van der Waals surface area contributed by atoms with E-state index in [1.54, 1.807) is 13.0 Å². The Bertz CT molecular complexity index is 898. The molecule has 0 radical (unpaired) electrons. The molecule has 0 atom stereocenters. The van der Waals surface area contributed by atoms with Crippen LogP contribution in [-0.2, 0) is 10.0 Å². The van der Waals surface area contributed by atoms with E-state index in [0.717, 1.165) is 9.87 Å². The van der Waals surface area contributed by atoms with Crippen molar-refractivity contribution in [2.45, 2.75) is 11.8 Å². The van der Waals surface area contributed by atoms with Crippen LogP contribution in [0.1, 0.15) is 15.9 Å². The maximum absolute atomic E-state index is 13.7. The van der Waals surface area contributed by atoms with E-state index in [4.69, 9.17) is 11.6 Å². The minimum Gasteiger partial charge on any atom is -0.319 e. The first-order valence-corrected chi connectivity index (χ1v) is 8.74. The van der Waals surface area contributed by atoms with Gasteiger partial charge in [0.05, 0.1) is 10.7 Å². The number of nitrogens with one attached hydrogen (secondary N) is 1. The van der Waals surface area contributed by atoms with Crippen molar-refractivity contribution in [1.29, 1.82) is 0 Å². The van der Waals surface area contributed by atoms with Crippen LogP contribution < -0.4 is 5.32 Å². The zero-order valence-electron chi connectivity index (χ0n) is 13.3. The lowest BCUT2D eigenvalue weighted by Crippen LogP contribution is -2.23. The van der Waals surface area contributed by atoms with E-state index < -0.39 is 21.7 Å². The Kier molecular flexibility index (Phi) is 5.27. The molecule has 0 unspecified atom stereocenters. The van der Waals surface area contributed by atoms with Crippen molar-refractivity contribution >= 4 is 33.2 Å². The van der Waals surface area contributed by atoms with Crippen LogP contribution in [0.2, 0.25) is 5.02 Å². The summed E-state index contributed by atoms with van der Waals surface area (Å²) in [7, 11) is -1.08. The number of aryl methyl sites for hydroxylation is 1. The van der Waals surface area contributed by atoms with E-state index in [1.165, 1.54) is 44.4 Å². The van der Waals surface area contributed by atoms with E-state index in [-0.39, 0.29) is 21.2 Å². The molecule has 128 valence electrons. The lowest BCUT2D eigenvalue weighted by molar-refractivity contribution is 0.102. The van der Waals surface area contributed by atoms with Crippen molar-refractivity contribution in [1.82, 2.24) is 4.31 Å². The van der Waals surface area contributed by atoms with Crippen LogP contribution in [0.25, 0.3) is 0 Å². The highest BCUT2D eigenvalue weighted by Gasteiger charge is 2.22. The van der Waals surface area contributed by atoms with Gasteiger partial charge in [-0.15, -0.1) is 0 Å². The predicted molar refractivity (Wildman–Crippen MR) is 91.4 cm³/mol. The highest BCUT2D eigenvalue weighted by molar-refractivity contribution is 7.89. The lowest BCUT2D eigenvalue weighted by atomic mass is 10.2. The van der Waals surface area contributed by atoms with E-state index >= 15 is 0 Å². The Balaban J connectivity index is 2.39. The third-order valence-electron chi connectivity index (χ3n) is 3.32. The maximum Gasteiger partial charge on any atom is 0.255 e. The topological polar surface area (TPSA) is 66.5 Å². The summed E-state index contributed by atoms with van der Waals surface area (Å²) in [5.41, 5.74) is 0.853. The van der Waals surface area contributed by atoms with Gasteiger partial charge in [-0.05, 0) is 42.8 Å². The second-order valence-electron chi connectivity index (χ2n) is 5.37. The Morgan fingerprint density at radius 3 is 2.46 bits per heavy atom. The fourth-order valence-electron chi connectivity index (χ4n) is 1.97. The summed E-state index contributed by atoms with van der Waals surface area (Å²) in [6.07, 6.45) is 0. The van der Waals surface area contributed by atoms with Crippen LogP contribution in [0.15, 0.2) is 41.3 Å². The van der Waals surface area contributed by atoms with E-state index in [2.05, 4.69) is 5.32 Å². The summed E-state index contributed by atoms with van der Waals surface area (Å²) in [5, 5.41) is 2.43. The normalized spacial score (nSPS) is 11.6. The van der Waals surface area contributed by atoms with Crippen molar-refractivity contribution in [3.8, 4) is 0 Å². The second kappa shape index (κ2) is 6.88. The number of carbonyl (C=O) groups is 1. The third kappa shape index (κ3) is 3.75. The molecule has 1 N–H and O–H groups in total. The molecule has 0 aliphatic heterocycles. The van der Waals surface area contributed by atoms with Crippen LogP contribution >= 0.6 is 11.6 Å². The molecule has 1 amide bonds. The number of amides is 1. The third-order valence-corrected chi connectivity index (χ3v) is 5.62. The van der Waals surface area contributed by atoms with Gasteiger partial charge in [0, 0.05) is 19.7 Å². The van der Waals surface area contributed by atoms with E-state index in [9.17, 15) is 17.6 Å². The molecule has 2 aromatic rings. The molecule has 0 bridgehead atoms. The number of nitrogens with zero attached hydrogens (tertiary/aromatic N) is 1. The van der Waals surface area contributed by atoms with Gasteiger partial charge in [-0.3, -0.25) is 4.79 Å². The molecule has 2 rings (SSSR count). The number of hydrogen-bond donors (Lipinski definition) is 1. The molecule has 0 spiro atoms. The molecule has 0 aromatic heterocycles. The highest BCUT2D eigenvalue weighted by Crippen LogP contribution is 2.25. The van der Waals surface area contributed by atoms with Crippen LogP contribution in [0, 0.1) is 12.7 Å². The molecule has 0 saturated carbocycles. The Morgan fingerprint density at radius 1 is 1.17 bits per heavy atom. The molecule has 0 aliphatic rings. The molecule has 0 aliphatic carbocycles. The van der Waals surface area contributed by atoms with Crippen LogP contribution in [0.3, 0.4) is 0 Å². The molecule has 2 aromatic carbocycles. The van der Waals surface area contributed by atoms with Gasteiger partial charge >= 0.3 is 0 Å². The first-order valence-electron chi connectivity index (χ1n) is 6.92. The number of carbonyl (C=O) groups excluding carboxylic acids is 1. The fourth-order valence-corrected chi connectivity index (χ4v) is 3.36. The van der Waals surface area contributed by atoms with Gasteiger partial charge in [0.2, 0.25) is 10.0 Å². The molecule has 24 heavy (non-hydrogen) atoms. The number of halogens is 2. The predicted octanol–water partition coefficient (Wildman–Crippen LogP) is 3.29. The average molecular weight is 371 g/mol. The number of benzene rings is 2. The van der Waals surface area contributed by atoms with Gasteiger partial charge in [0.1, 0.15) is 10.7 Å². The monoisotopic (exact) mass is 370 g/mol. The van der Waals surface area contributed by atoms with Crippen molar-refractivity contribution in [2.75, 3.05) is 19.4 Å². The Labute approximate surface area is 145 Å². The maximum atomic E-state index is 13.7. The van der Waals surface area contributed by atoms with Crippen molar-refractivity contribution in [2.24, 2.45) is 0 Å². The van der Waals surface area contributed by atoms with Gasteiger partial charge < -0.3 is 5.32 Å². The summed E-state index contributed by atoms with van der Waals surface area (Å²) in [6, 6.07) is 8.17. The molecule has 8 heteroatoms. The standard InChI is InChI=1S/C16H16ClFN2O3S/c1-10-4-7-13(18)14(8-10)19-16(21)11-5-6-12(17)15(9-11)24(22,23)20(2)3/h4-9H,1-3H3,(H,19,21). The minimum absolute atomic E-state index is 0.00184. The lowest BCUT2D eigenvalue weighted by Gasteiger charge is -2.14. The van der Waals surface area contributed by atoms with Crippen LogP contribution in [-0.4, -0.2) is 32.7 Å². The summed E-state index contributed by atoms with van der Waals surface area (Å²) in [4.78, 5) is 12.1. The van der Waals surface area contributed by atoms with Gasteiger partial charge in [0.25, 0.3) is 5.91 Å². The first kappa shape index (κ1) is 18.4. The summed E-state index contributed by atoms with van der Waals surface area (Å²) >= 11 is 5.94. The van der Waals surface area contributed by atoms with E-state index in [0.29, 0.717) is 0 Å². The fraction of sp³-hybridized carbons (Fsp3) is 0.188. The zero-order chi connectivity index (χ0) is 18.1. The van der Waals surface area contributed by atoms with Gasteiger partial charge in [0.15, 0.2) is 0 Å². The zero-order valence-corrected chi connectivity index (χ0v) is 14.9. The average Bonchev–Trinajstić information content (AvgIpc) is 2.50. The number of anilines is 1. The molecule has 0 fully saturated rings. The van der Waals surface area contributed by atoms with Gasteiger partial charge in [-0.25, -0.2) is 17.1 Å². The largest absolute Gasteiger partial charge is 0.319 e. The summed E-state index contributed by atoms with van der Waals surface area (Å²) in [6.45, 7) is 1.76. The quantitative estimate of drug-likeness (QED) is 0.898. The highest BCUT2D eigenvalue weighted by atomic mass is 35.5. The van der Waals surface area contributed by atoms with Crippen molar-refractivity contribution in [3.63, 3.8) is 0 Å². The Hall–Kier alpha value is -1.96. The van der Waals surface area contributed by atoms with Crippen LogP contribution in [0.4, 0.5) is 10.1 Å². The van der Waals surface area contributed by atoms with Gasteiger partial charge in [-0.2, -0.15) is 0 Å². The smallest absolute Gasteiger partial charge is 0.255 e. The second-order valence-corrected chi connectivity index (χ2v) is 7.90. The SMILES string of the molecule is Cc1ccc(F)c(NC(=O)c2ccc(Cl)c(S(=O)(=O)N(C)C)c2)c1. The number of rotatable bonds is 4. The molecule has 0 saturated heterocycles. The number of hydrogen-bond acceptors (Lipinski definition) is 3. The first-order chi connectivity index (χ1) is 11.1. The van der Waals surface area contributed by atoms with Crippen LogP contribution in [0.5, 0.6) is 0 Å². The van der Waals surface area contributed by atoms with E-state index in [1.807, 2.05) is 0 Å². The molecular weight excluding hydrogens is 355 g/mol. The summed E-state index contributed by atoms with van der Waals surface area (Å²) < 4.78 is 39.2. The molecular formula is C16H16ClFN2O3S. The van der Waals surface area contributed by atoms with Crippen molar-refractivity contribution < 1.29 is 17.6 Å². The Morgan fingerprint density at radius 2 is 1.83 bits per heavy atom. The molecule has 0 heterocycles. The van der Waals surface area contributed by atoms with Crippen molar-refractivity contribution in [3.05, 3.63) is 58.4 Å². The summed E-state index contributed by atoms with van der Waals surface area (Å²) in [5.74, 6) is -1.21. The minimum atomic E-state index is -3.80. The molecule has 5 nitrogen and oxygen atoms in total.